The summed E-state index contributed by atoms with van der Waals surface area (Å²) >= 11 is 0. The van der Waals surface area contributed by atoms with Crippen LogP contribution in [0.3, 0.4) is 0 Å². The summed E-state index contributed by atoms with van der Waals surface area (Å²) in [5.41, 5.74) is 6.13. The Hall–Kier alpha value is -2.19. The second-order valence-electron chi connectivity index (χ2n) is 4.11. The summed E-state index contributed by atoms with van der Waals surface area (Å²) in [5, 5.41) is -0.627. The van der Waals surface area contributed by atoms with Crippen molar-refractivity contribution in [1.29, 1.82) is 0 Å². The zero-order valence-electron chi connectivity index (χ0n) is 11.0. The lowest BCUT2D eigenvalue weighted by Crippen LogP contribution is -2.29. The molecule has 3 N–H and O–H groups in total. The number of rotatable bonds is 6. The summed E-state index contributed by atoms with van der Waals surface area (Å²) in [6.45, 7) is 0.0837. The largest absolute Gasteiger partial charge is 0.492 e. The SMILES string of the molecule is Nc1ccc(OCCNS(=O)(=O)c2ncccc2F)cc1. The first-order valence-electron chi connectivity index (χ1n) is 6.07. The van der Waals surface area contributed by atoms with Gasteiger partial charge in [0.05, 0.1) is 0 Å². The molecule has 0 saturated carbocycles. The Balaban J connectivity index is 1.88. The van der Waals surface area contributed by atoms with Gasteiger partial charge in [-0.3, -0.25) is 0 Å². The zero-order valence-corrected chi connectivity index (χ0v) is 11.8. The molecule has 0 atom stereocenters. The average molecular weight is 311 g/mol. The molecule has 0 spiro atoms. The molecule has 0 saturated heterocycles. The van der Waals surface area contributed by atoms with E-state index in [4.69, 9.17) is 10.5 Å². The maximum atomic E-state index is 13.4. The molecule has 0 fully saturated rings. The van der Waals surface area contributed by atoms with E-state index in [1.807, 2.05) is 0 Å². The number of aromatic nitrogens is 1. The second-order valence-corrected chi connectivity index (χ2v) is 5.79. The summed E-state index contributed by atoms with van der Waals surface area (Å²) in [5.74, 6) is -0.336. The lowest BCUT2D eigenvalue weighted by molar-refractivity contribution is 0.322. The normalized spacial score (nSPS) is 11.3. The van der Waals surface area contributed by atoms with Gasteiger partial charge in [-0.05, 0) is 36.4 Å². The molecule has 0 radical (unpaired) electrons. The summed E-state index contributed by atoms with van der Waals surface area (Å²) in [6, 6.07) is 9.03. The minimum Gasteiger partial charge on any atom is -0.492 e. The first-order valence-corrected chi connectivity index (χ1v) is 7.56. The molecule has 0 bridgehead atoms. The second kappa shape index (κ2) is 6.51. The number of ether oxygens (including phenoxy) is 1. The first kappa shape index (κ1) is 15.2. The van der Waals surface area contributed by atoms with Crippen molar-refractivity contribution >= 4 is 15.7 Å². The Bertz CT molecular complexity index is 705. The van der Waals surface area contributed by atoms with Gasteiger partial charge in [0.1, 0.15) is 12.4 Å². The molecule has 0 aliphatic heterocycles. The quantitative estimate of drug-likeness (QED) is 0.616. The van der Waals surface area contributed by atoms with Crippen molar-refractivity contribution in [1.82, 2.24) is 9.71 Å². The third-order valence-electron chi connectivity index (χ3n) is 2.52. The van der Waals surface area contributed by atoms with Gasteiger partial charge in [0.2, 0.25) is 5.03 Å². The van der Waals surface area contributed by atoms with E-state index >= 15 is 0 Å². The summed E-state index contributed by atoms with van der Waals surface area (Å²) < 4.78 is 44.6. The van der Waals surface area contributed by atoms with E-state index in [1.165, 1.54) is 12.3 Å². The maximum Gasteiger partial charge on any atom is 0.261 e. The van der Waals surface area contributed by atoms with Crippen LogP contribution in [0.4, 0.5) is 10.1 Å². The van der Waals surface area contributed by atoms with E-state index in [0.717, 1.165) is 6.07 Å². The highest BCUT2D eigenvalue weighted by molar-refractivity contribution is 7.89. The Morgan fingerprint density at radius 3 is 2.62 bits per heavy atom. The van der Waals surface area contributed by atoms with Gasteiger partial charge < -0.3 is 10.5 Å². The van der Waals surface area contributed by atoms with E-state index in [2.05, 4.69) is 9.71 Å². The van der Waals surface area contributed by atoms with Gasteiger partial charge in [0.25, 0.3) is 10.0 Å². The van der Waals surface area contributed by atoms with E-state index < -0.39 is 20.9 Å². The smallest absolute Gasteiger partial charge is 0.261 e. The lowest BCUT2D eigenvalue weighted by atomic mass is 10.3. The zero-order chi connectivity index (χ0) is 15.3. The van der Waals surface area contributed by atoms with Crippen LogP contribution in [0.5, 0.6) is 5.75 Å². The Kier molecular flexibility index (Phi) is 4.71. The van der Waals surface area contributed by atoms with Crippen molar-refractivity contribution in [2.24, 2.45) is 0 Å². The molecule has 8 heteroatoms. The van der Waals surface area contributed by atoms with Crippen molar-refractivity contribution in [3.63, 3.8) is 0 Å². The number of nitrogen functional groups attached to an aromatic ring is 1. The van der Waals surface area contributed by atoms with E-state index in [1.54, 1.807) is 24.3 Å². The van der Waals surface area contributed by atoms with Crippen molar-refractivity contribution in [3.05, 3.63) is 48.4 Å². The summed E-state index contributed by atoms with van der Waals surface area (Å²) in [7, 11) is -3.99. The van der Waals surface area contributed by atoms with Gasteiger partial charge in [0.15, 0.2) is 5.82 Å². The number of pyridine rings is 1. The van der Waals surface area contributed by atoms with Crippen LogP contribution in [-0.2, 0) is 10.0 Å². The number of nitrogens with one attached hydrogen (secondary N) is 1. The number of benzene rings is 1. The van der Waals surface area contributed by atoms with Crippen molar-refractivity contribution in [2.75, 3.05) is 18.9 Å². The number of hydrogen-bond donors (Lipinski definition) is 2. The number of anilines is 1. The molecule has 0 unspecified atom stereocenters. The number of hydrogen-bond acceptors (Lipinski definition) is 5. The Morgan fingerprint density at radius 1 is 1.24 bits per heavy atom. The van der Waals surface area contributed by atoms with Crippen LogP contribution in [0.2, 0.25) is 0 Å². The molecule has 1 aromatic carbocycles. The average Bonchev–Trinajstić information content (AvgIpc) is 2.46. The molecule has 6 nitrogen and oxygen atoms in total. The highest BCUT2D eigenvalue weighted by atomic mass is 32.2. The van der Waals surface area contributed by atoms with E-state index in [9.17, 15) is 12.8 Å². The number of nitrogens with two attached hydrogens (primary N) is 1. The standard InChI is InChI=1S/C13H14FN3O3S/c14-12-2-1-7-16-13(12)21(18,19)17-8-9-20-11-5-3-10(15)4-6-11/h1-7,17H,8-9,15H2. The number of nitrogens with zero attached hydrogens (tertiary/aromatic N) is 1. The Labute approximate surface area is 121 Å². The minimum absolute atomic E-state index is 0.0112. The van der Waals surface area contributed by atoms with Crippen LogP contribution in [0, 0.1) is 5.82 Å². The highest BCUT2D eigenvalue weighted by Gasteiger charge is 2.19. The third-order valence-corrected chi connectivity index (χ3v) is 3.92. The molecular formula is C13H14FN3O3S. The van der Waals surface area contributed by atoms with Gasteiger partial charge in [-0.25, -0.2) is 22.5 Å². The molecule has 112 valence electrons. The van der Waals surface area contributed by atoms with E-state index in [0.29, 0.717) is 11.4 Å². The van der Waals surface area contributed by atoms with Gasteiger partial charge in [0, 0.05) is 18.4 Å². The molecule has 1 heterocycles. The summed E-state index contributed by atoms with van der Waals surface area (Å²) in [6.07, 6.45) is 1.21. The maximum absolute atomic E-state index is 13.4. The minimum atomic E-state index is -3.99. The fourth-order valence-electron chi connectivity index (χ4n) is 1.55. The first-order chi connectivity index (χ1) is 9.99. The predicted octanol–water partition coefficient (Wildman–Crippen LogP) is 1.16. The molecule has 2 aromatic rings. The molecule has 0 amide bonds. The summed E-state index contributed by atoms with van der Waals surface area (Å²) in [4.78, 5) is 3.52. The lowest BCUT2D eigenvalue weighted by Gasteiger charge is -2.08. The highest BCUT2D eigenvalue weighted by Crippen LogP contribution is 2.13. The van der Waals surface area contributed by atoms with Gasteiger partial charge >= 0.3 is 0 Å². The number of halogens is 1. The van der Waals surface area contributed by atoms with E-state index in [-0.39, 0.29) is 13.2 Å². The van der Waals surface area contributed by atoms with Gasteiger partial charge in [-0.15, -0.1) is 0 Å². The predicted molar refractivity (Wildman–Crippen MR) is 75.7 cm³/mol. The van der Waals surface area contributed by atoms with Crippen molar-refractivity contribution in [3.8, 4) is 5.75 Å². The monoisotopic (exact) mass is 311 g/mol. The van der Waals surface area contributed by atoms with Crippen molar-refractivity contribution < 1.29 is 17.5 Å². The van der Waals surface area contributed by atoms with Crippen LogP contribution < -0.4 is 15.2 Å². The molecule has 0 aliphatic carbocycles. The van der Waals surface area contributed by atoms with Crippen LogP contribution >= 0.6 is 0 Å². The Morgan fingerprint density at radius 2 is 1.95 bits per heavy atom. The fraction of sp³-hybridized carbons (Fsp3) is 0.154. The molecular weight excluding hydrogens is 297 g/mol. The molecule has 2 rings (SSSR count). The van der Waals surface area contributed by atoms with Gasteiger partial charge in [-0.2, -0.15) is 0 Å². The topological polar surface area (TPSA) is 94.3 Å². The third kappa shape index (κ3) is 4.14. The van der Waals surface area contributed by atoms with Crippen molar-refractivity contribution in [2.45, 2.75) is 5.03 Å². The van der Waals surface area contributed by atoms with Crippen LogP contribution in [0.15, 0.2) is 47.6 Å². The van der Waals surface area contributed by atoms with Crippen LogP contribution in [0.25, 0.3) is 0 Å². The van der Waals surface area contributed by atoms with Crippen LogP contribution in [-0.4, -0.2) is 26.6 Å². The molecule has 0 aliphatic rings. The number of sulfonamides is 1. The van der Waals surface area contributed by atoms with Crippen LogP contribution in [0.1, 0.15) is 0 Å². The molecule has 21 heavy (non-hydrogen) atoms. The van der Waals surface area contributed by atoms with Gasteiger partial charge in [-0.1, -0.05) is 0 Å². The molecule has 1 aromatic heterocycles. The fourth-order valence-corrected chi connectivity index (χ4v) is 2.56.